The first-order chi connectivity index (χ1) is 8.72. The molecule has 0 aliphatic carbocycles. The molecule has 1 aromatic carbocycles. The van der Waals surface area contributed by atoms with Gasteiger partial charge in [0.25, 0.3) is 0 Å². The van der Waals surface area contributed by atoms with Gasteiger partial charge in [0, 0.05) is 11.6 Å². The van der Waals surface area contributed by atoms with Gasteiger partial charge in [-0.3, -0.25) is 0 Å². The van der Waals surface area contributed by atoms with E-state index in [0.717, 1.165) is 23.7 Å². The summed E-state index contributed by atoms with van der Waals surface area (Å²) >= 11 is 5.92. The molecule has 0 aliphatic heterocycles. The molecule has 0 spiro atoms. The molecule has 102 valence electrons. The Morgan fingerprint density at radius 1 is 1.33 bits per heavy atom. The zero-order valence-corrected chi connectivity index (χ0v) is 12.2. The van der Waals surface area contributed by atoms with Gasteiger partial charge in [0.05, 0.1) is 12.7 Å². The molecule has 18 heavy (non-hydrogen) atoms. The predicted molar refractivity (Wildman–Crippen MR) is 78.1 cm³/mol. The van der Waals surface area contributed by atoms with Crippen LogP contribution in [0.3, 0.4) is 0 Å². The molecular formula is C15H24ClNO. The highest BCUT2D eigenvalue weighted by Crippen LogP contribution is 2.12. The van der Waals surface area contributed by atoms with Gasteiger partial charge in [-0.1, -0.05) is 43.5 Å². The van der Waals surface area contributed by atoms with Crippen molar-refractivity contribution in [2.45, 2.75) is 45.8 Å². The lowest BCUT2D eigenvalue weighted by Gasteiger charge is -2.14. The Hall–Kier alpha value is -0.570. The van der Waals surface area contributed by atoms with E-state index in [0.29, 0.717) is 6.61 Å². The van der Waals surface area contributed by atoms with Crippen molar-refractivity contribution in [1.82, 2.24) is 5.32 Å². The van der Waals surface area contributed by atoms with Crippen molar-refractivity contribution in [2.24, 2.45) is 0 Å². The van der Waals surface area contributed by atoms with E-state index < -0.39 is 0 Å². The topological polar surface area (TPSA) is 21.3 Å². The Kier molecular flexibility index (Phi) is 8.06. The van der Waals surface area contributed by atoms with Gasteiger partial charge in [0.1, 0.15) is 0 Å². The zero-order valence-electron chi connectivity index (χ0n) is 11.4. The molecule has 3 heteroatoms. The SMILES string of the molecule is CCCCCNCC(C)OCc1cccc(Cl)c1. The molecular weight excluding hydrogens is 246 g/mol. The van der Waals surface area contributed by atoms with Crippen LogP contribution >= 0.6 is 11.6 Å². The Balaban J connectivity index is 2.11. The molecule has 1 rings (SSSR count). The summed E-state index contributed by atoms with van der Waals surface area (Å²) in [5, 5.41) is 4.18. The van der Waals surface area contributed by atoms with Gasteiger partial charge in [0.15, 0.2) is 0 Å². The summed E-state index contributed by atoms with van der Waals surface area (Å²) in [6.07, 6.45) is 4.04. The number of ether oxygens (including phenoxy) is 1. The number of unbranched alkanes of at least 4 members (excludes halogenated alkanes) is 2. The van der Waals surface area contributed by atoms with Crippen LogP contribution in [0.15, 0.2) is 24.3 Å². The molecule has 1 aromatic rings. The molecule has 2 nitrogen and oxygen atoms in total. The van der Waals surface area contributed by atoms with E-state index in [1.165, 1.54) is 19.3 Å². The molecule has 0 aromatic heterocycles. The number of hydrogen-bond acceptors (Lipinski definition) is 2. The van der Waals surface area contributed by atoms with Crippen LogP contribution in [0.2, 0.25) is 5.02 Å². The zero-order chi connectivity index (χ0) is 13.2. The average Bonchev–Trinajstić information content (AvgIpc) is 2.36. The summed E-state index contributed by atoms with van der Waals surface area (Å²) in [7, 11) is 0. The number of rotatable bonds is 9. The highest BCUT2D eigenvalue weighted by molar-refractivity contribution is 6.30. The van der Waals surface area contributed by atoms with E-state index in [1.54, 1.807) is 0 Å². The summed E-state index contributed by atoms with van der Waals surface area (Å²) in [4.78, 5) is 0. The van der Waals surface area contributed by atoms with Crippen LogP contribution < -0.4 is 5.32 Å². The van der Waals surface area contributed by atoms with E-state index in [4.69, 9.17) is 16.3 Å². The first-order valence-electron chi connectivity index (χ1n) is 6.79. The maximum absolute atomic E-state index is 5.92. The quantitative estimate of drug-likeness (QED) is 0.684. The molecule has 1 atom stereocenters. The van der Waals surface area contributed by atoms with E-state index in [1.807, 2.05) is 24.3 Å². The number of nitrogens with one attached hydrogen (secondary N) is 1. The van der Waals surface area contributed by atoms with Crippen molar-refractivity contribution in [3.63, 3.8) is 0 Å². The Labute approximate surface area is 116 Å². The molecule has 0 radical (unpaired) electrons. The van der Waals surface area contributed by atoms with E-state index in [-0.39, 0.29) is 6.10 Å². The maximum Gasteiger partial charge on any atom is 0.0721 e. The van der Waals surface area contributed by atoms with Crippen LogP contribution in [0.1, 0.15) is 38.7 Å². The van der Waals surface area contributed by atoms with Crippen molar-refractivity contribution in [3.8, 4) is 0 Å². The van der Waals surface area contributed by atoms with Crippen LogP contribution in [-0.4, -0.2) is 19.2 Å². The lowest BCUT2D eigenvalue weighted by atomic mass is 10.2. The Bertz CT molecular complexity index is 330. The van der Waals surface area contributed by atoms with Crippen LogP contribution in [-0.2, 0) is 11.3 Å². The van der Waals surface area contributed by atoms with Crippen molar-refractivity contribution >= 4 is 11.6 Å². The van der Waals surface area contributed by atoms with Crippen LogP contribution in [0.5, 0.6) is 0 Å². The second-order valence-electron chi connectivity index (χ2n) is 4.66. The fraction of sp³-hybridized carbons (Fsp3) is 0.600. The number of benzene rings is 1. The smallest absolute Gasteiger partial charge is 0.0721 e. The second-order valence-corrected chi connectivity index (χ2v) is 5.10. The standard InChI is InChI=1S/C15H24ClNO/c1-3-4-5-9-17-11-13(2)18-12-14-7-6-8-15(16)10-14/h6-8,10,13,17H,3-5,9,11-12H2,1-2H3. The van der Waals surface area contributed by atoms with Gasteiger partial charge >= 0.3 is 0 Å². The normalized spacial score (nSPS) is 12.6. The maximum atomic E-state index is 5.92. The van der Waals surface area contributed by atoms with Crippen LogP contribution in [0, 0.1) is 0 Å². The molecule has 0 aliphatic rings. The average molecular weight is 270 g/mol. The number of halogens is 1. The van der Waals surface area contributed by atoms with Gasteiger partial charge in [-0.15, -0.1) is 0 Å². The molecule has 1 unspecified atom stereocenters. The molecule has 0 heterocycles. The molecule has 0 saturated carbocycles. The minimum Gasteiger partial charge on any atom is -0.373 e. The fourth-order valence-corrected chi connectivity index (χ4v) is 1.94. The third-order valence-electron chi connectivity index (χ3n) is 2.81. The van der Waals surface area contributed by atoms with E-state index >= 15 is 0 Å². The van der Waals surface area contributed by atoms with Gasteiger partial charge in [-0.2, -0.15) is 0 Å². The lowest BCUT2D eigenvalue weighted by Crippen LogP contribution is -2.27. The lowest BCUT2D eigenvalue weighted by molar-refractivity contribution is 0.0533. The minimum atomic E-state index is 0.227. The number of hydrogen-bond donors (Lipinski definition) is 1. The van der Waals surface area contributed by atoms with Crippen molar-refractivity contribution in [1.29, 1.82) is 0 Å². The summed E-state index contributed by atoms with van der Waals surface area (Å²) < 4.78 is 5.77. The Morgan fingerprint density at radius 2 is 2.17 bits per heavy atom. The minimum absolute atomic E-state index is 0.227. The van der Waals surface area contributed by atoms with Crippen molar-refractivity contribution in [3.05, 3.63) is 34.9 Å². The third-order valence-corrected chi connectivity index (χ3v) is 3.05. The highest BCUT2D eigenvalue weighted by Gasteiger charge is 2.02. The van der Waals surface area contributed by atoms with E-state index in [9.17, 15) is 0 Å². The van der Waals surface area contributed by atoms with Crippen LogP contribution in [0.25, 0.3) is 0 Å². The molecule has 0 saturated heterocycles. The van der Waals surface area contributed by atoms with E-state index in [2.05, 4.69) is 19.2 Å². The van der Waals surface area contributed by atoms with Crippen molar-refractivity contribution < 1.29 is 4.74 Å². The fourth-order valence-electron chi connectivity index (χ4n) is 1.73. The van der Waals surface area contributed by atoms with Gasteiger partial charge in [0.2, 0.25) is 0 Å². The summed E-state index contributed by atoms with van der Waals surface area (Å²) in [5.41, 5.74) is 1.13. The summed E-state index contributed by atoms with van der Waals surface area (Å²) in [5.74, 6) is 0. The molecule has 1 N–H and O–H groups in total. The molecule has 0 fully saturated rings. The van der Waals surface area contributed by atoms with Crippen LogP contribution in [0.4, 0.5) is 0 Å². The first kappa shape index (κ1) is 15.5. The van der Waals surface area contributed by atoms with Gasteiger partial charge < -0.3 is 10.1 Å². The summed E-state index contributed by atoms with van der Waals surface area (Å²) in [6, 6.07) is 7.81. The van der Waals surface area contributed by atoms with Crippen molar-refractivity contribution in [2.75, 3.05) is 13.1 Å². The predicted octanol–water partition coefficient (Wildman–Crippen LogP) is 4.02. The highest BCUT2D eigenvalue weighted by atomic mass is 35.5. The van der Waals surface area contributed by atoms with Gasteiger partial charge in [-0.25, -0.2) is 0 Å². The van der Waals surface area contributed by atoms with Gasteiger partial charge in [-0.05, 0) is 37.6 Å². The first-order valence-corrected chi connectivity index (χ1v) is 7.17. The Morgan fingerprint density at radius 3 is 2.89 bits per heavy atom. The second kappa shape index (κ2) is 9.37. The molecule has 0 bridgehead atoms. The largest absolute Gasteiger partial charge is 0.373 e. The summed E-state index contributed by atoms with van der Waals surface area (Å²) in [6.45, 7) is 6.93. The monoisotopic (exact) mass is 269 g/mol. The molecule has 0 amide bonds. The third kappa shape index (κ3) is 7.00.